The van der Waals surface area contributed by atoms with Crippen molar-refractivity contribution in [2.45, 2.75) is 6.92 Å². The van der Waals surface area contributed by atoms with Crippen LogP contribution in [0.5, 0.6) is 0 Å². The largest absolute Gasteiger partial charge is 0.352 e. The number of benzene rings is 1. The van der Waals surface area contributed by atoms with Gasteiger partial charge in [0.15, 0.2) is 0 Å². The van der Waals surface area contributed by atoms with E-state index in [1.807, 2.05) is 37.3 Å². The molecule has 28 heavy (non-hydrogen) atoms. The second kappa shape index (κ2) is 8.12. The van der Waals surface area contributed by atoms with E-state index >= 15 is 0 Å². The van der Waals surface area contributed by atoms with Gasteiger partial charge in [-0.3, -0.25) is 0 Å². The number of rotatable bonds is 6. The fourth-order valence-corrected chi connectivity index (χ4v) is 4.11. The number of nitrogens with one attached hydrogen (secondary N) is 2. The second-order valence-electron chi connectivity index (χ2n) is 6.35. The van der Waals surface area contributed by atoms with E-state index < -0.39 is 0 Å². The summed E-state index contributed by atoms with van der Waals surface area (Å²) >= 11 is 7.57. The summed E-state index contributed by atoms with van der Waals surface area (Å²) in [5.74, 6) is 0.540. The van der Waals surface area contributed by atoms with Crippen molar-refractivity contribution in [3.63, 3.8) is 0 Å². The van der Waals surface area contributed by atoms with E-state index in [0.717, 1.165) is 33.4 Å². The van der Waals surface area contributed by atoms with Crippen LogP contribution in [0.2, 0.25) is 5.02 Å². The summed E-state index contributed by atoms with van der Waals surface area (Å²) in [5, 5.41) is 7.61. The normalized spacial score (nSPS) is 13.6. The van der Waals surface area contributed by atoms with Crippen LogP contribution in [0.3, 0.4) is 0 Å². The van der Waals surface area contributed by atoms with Crippen molar-refractivity contribution >= 4 is 34.9 Å². The maximum Gasteiger partial charge on any atom is 0.317 e. The highest BCUT2D eigenvalue weighted by atomic mass is 35.5. The Kier molecular flexibility index (Phi) is 5.40. The van der Waals surface area contributed by atoms with Crippen molar-refractivity contribution < 1.29 is 4.79 Å². The molecule has 4 rings (SSSR count). The monoisotopic (exact) mass is 414 g/mol. The van der Waals surface area contributed by atoms with E-state index in [-0.39, 0.29) is 6.03 Å². The molecule has 1 saturated heterocycles. The zero-order valence-electron chi connectivity index (χ0n) is 15.3. The third kappa shape index (κ3) is 4.07. The molecule has 0 unspecified atom stereocenters. The number of aromatic nitrogens is 3. The topological polar surface area (TPSA) is 83.0 Å². The van der Waals surface area contributed by atoms with Crippen LogP contribution in [0.25, 0.3) is 21.1 Å². The third-order valence-electron chi connectivity index (χ3n) is 4.39. The molecule has 0 spiro atoms. The Hall–Kier alpha value is -2.71. The standard InChI is InChI=1S/C19H19ClN6OS/c1-12-16(28-17(24-12)13-2-4-14(20)5-3-13)15-6-7-21-18(25-15)22-8-10-26-11-9-23-19(26)27/h2-7H,8-11H2,1H3,(H,23,27)(H,21,22,25). The molecule has 3 aromatic rings. The zero-order chi connectivity index (χ0) is 19.5. The SMILES string of the molecule is Cc1nc(-c2ccc(Cl)cc2)sc1-c1ccnc(NCCN2CCNC2=O)n1. The lowest BCUT2D eigenvalue weighted by Crippen LogP contribution is -2.32. The van der Waals surface area contributed by atoms with Crippen LogP contribution in [0, 0.1) is 6.92 Å². The molecule has 0 radical (unpaired) electrons. The highest BCUT2D eigenvalue weighted by Crippen LogP contribution is 2.34. The van der Waals surface area contributed by atoms with E-state index in [1.54, 1.807) is 22.4 Å². The molecule has 1 fully saturated rings. The van der Waals surface area contributed by atoms with Crippen LogP contribution >= 0.6 is 22.9 Å². The van der Waals surface area contributed by atoms with Crippen LogP contribution in [0.4, 0.5) is 10.7 Å². The molecule has 2 amide bonds. The molecule has 0 aliphatic carbocycles. The van der Waals surface area contributed by atoms with Crippen molar-refractivity contribution in [2.75, 3.05) is 31.5 Å². The molecule has 2 N–H and O–H groups in total. The Bertz CT molecular complexity index is 990. The minimum Gasteiger partial charge on any atom is -0.352 e. The molecule has 0 bridgehead atoms. The molecular weight excluding hydrogens is 396 g/mol. The van der Waals surface area contributed by atoms with Gasteiger partial charge in [0.25, 0.3) is 0 Å². The second-order valence-corrected chi connectivity index (χ2v) is 7.79. The van der Waals surface area contributed by atoms with Gasteiger partial charge < -0.3 is 15.5 Å². The number of urea groups is 1. The first-order valence-electron chi connectivity index (χ1n) is 8.93. The van der Waals surface area contributed by atoms with E-state index in [0.29, 0.717) is 30.6 Å². The number of carbonyl (C=O) groups is 1. The molecule has 1 aliphatic heterocycles. The molecule has 9 heteroatoms. The maximum atomic E-state index is 11.6. The Morgan fingerprint density at radius 3 is 2.82 bits per heavy atom. The van der Waals surface area contributed by atoms with Gasteiger partial charge in [-0.2, -0.15) is 0 Å². The van der Waals surface area contributed by atoms with Crippen LogP contribution in [0.15, 0.2) is 36.5 Å². The van der Waals surface area contributed by atoms with Crippen LogP contribution in [0.1, 0.15) is 5.69 Å². The highest BCUT2D eigenvalue weighted by molar-refractivity contribution is 7.18. The van der Waals surface area contributed by atoms with E-state index in [9.17, 15) is 4.79 Å². The van der Waals surface area contributed by atoms with Crippen molar-refractivity contribution in [1.82, 2.24) is 25.2 Å². The number of halogens is 1. The molecule has 0 saturated carbocycles. The molecule has 1 aromatic carbocycles. The van der Waals surface area contributed by atoms with E-state index in [1.165, 1.54) is 0 Å². The fourth-order valence-electron chi connectivity index (χ4n) is 2.95. The zero-order valence-corrected chi connectivity index (χ0v) is 16.8. The molecule has 3 heterocycles. The minimum absolute atomic E-state index is 0.0218. The lowest BCUT2D eigenvalue weighted by molar-refractivity contribution is 0.219. The van der Waals surface area contributed by atoms with Gasteiger partial charge in [-0.1, -0.05) is 23.7 Å². The lowest BCUT2D eigenvalue weighted by Gasteiger charge is -2.14. The molecule has 7 nitrogen and oxygen atoms in total. The van der Waals surface area contributed by atoms with Gasteiger partial charge in [0, 0.05) is 43.0 Å². The summed E-state index contributed by atoms with van der Waals surface area (Å²) in [6, 6.07) is 9.51. The maximum absolute atomic E-state index is 11.6. The number of aryl methyl sites for hydroxylation is 1. The number of thiazole rings is 1. The minimum atomic E-state index is -0.0218. The summed E-state index contributed by atoms with van der Waals surface area (Å²) < 4.78 is 0. The number of anilines is 1. The highest BCUT2D eigenvalue weighted by Gasteiger charge is 2.18. The quantitative estimate of drug-likeness (QED) is 0.643. The van der Waals surface area contributed by atoms with E-state index in [4.69, 9.17) is 11.6 Å². The van der Waals surface area contributed by atoms with Gasteiger partial charge >= 0.3 is 6.03 Å². The number of amides is 2. The third-order valence-corrected chi connectivity index (χ3v) is 5.87. The molecule has 2 aromatic heterocycles. The Balaban J connectivity index is 1.48. The molecule has 0 atom stereocenters. The van der Waals surface area contributed by atoms with Crippen molar-refractivity contribution in [3.05, 3.63) is 47.2 Å². The van der Waals surface area contributed by atoms with Gasteiger partial charge in [0.05, 0.1) is 16.3 Å². The summed E-state index contributed by atoms with van der Waals surface area (Å²) in [7, 11) is 0. The van der Waals surface area contributed by atoms with Crippen molar-refractivity contribution in [1.29, 1.82) is 0 Å². The number of hydrogen-bond donors (Lipinski definition) is 2. The first kappa shape index (κ1) is 18.6. The summed E-state index contributed by atoms with van der Waals surface area (Å²) in [6.07, 6.45) is 1.73. The average molecular weight is 415 g/mol. The molecule has 144 valence electrons. The van der Waals surface area contributed by atoms with Gasteiger partial charge in [0.2, 0.25) is 5.95 Å². The predicted molar refractivity (Wildman–Crippen MR) is 112 cm³/mol. The smallest absolute Gasteiger partial charge is 0.317 e. The number of nitrogens with zero attached hydrogens (tertiary/aromatic N) is 4. The molecule has 1 aliphatic rings. The van der Waals surface area contributed by atoms with E-state index in [2.05, 4.69) is 25.6 Å². The summed E-state index contributed by atoms with van der Waals surface area (Å²) in [4.78, 5) is 27.9. The lowest BCUT2D eigenvalue weighted by atomic mass is 10.2. The number of hydrogen-bond acceptors (Lipinski definition) is 6. The van der Waals surface area contributed by atoms with Gasteiger partial charge in [-0.15, -0.1) is 11.3 Å². The van der Waals surface area contributed by atoms with Crippen LogP contribution in [-0.4, -0.2) is 52.1 Å². The Morgan fingerprint density at radius 1 is 1.25 bits per heavy atom. The van der Waals surface area contributed by atoms with Crippen molar-refractivity contribution in [3.8, 4) is 21.1 Å². The van der Waals surface area contributed by atoms with Crippen LogP contribution < -0.4 is 10.6 Å². The van der Waals surface area contributed by atoms with Gasteiger partial charge in [0.1, 0.15) is 5.01 Å². The summed E-state index contributed by atoms with van der Waals surface area (Å²) in [5.41, 5.74) is 2.78. The van der Waals surface area contributed by atoms with Crippen molar-refractivity contribution in [2.24, 2.45) is 0 Å². The predicted octanol–water partition coefficient (Wildman–Crippen LogP) is 3.67. The Labute approximate surface area is 171 Å². The summed E-state index contributed by atoms with van der Waals surface area (Å²) in [6.45, 7) is 4.61. The average Bonchev–Trinajstić information content (AvgIpc) is 3.28. The Morgan fingerprint density at radius 2 is 2.07 bits per heavy atom. The fraction of sp³-hybridized carbons (Fsp3) is 0.263. The first-order valence-corrected chi connectivity index (χ1v) is 10.1. The van der Waals surface area contributed by atoms with Gasteiger partial charge in [-0.05, 0) is 25.1 Å². The number of carbonyl (C=O) groups excluding carboxylic acids is 1. The molecular formula is C19H19ClN6OS. The first-order chi connectivity index (χ1) is 13.6. The van der Waals surface area contributed by atoms with Gasteiger partial charge in [-0.25, -0.2) is 19.7 Å². The van der Waals surface area contributed by atoms with Crippen LogP contribution in [-0.2, 0) is 0 Å².